The van der Waals surface area contributed by atoms with Crippen molar-refractivity contribution in [3.05, 3.63) is 53.9 Å². The van der Waals surface area contributed by atoms with Gasteiger partial charge in [0.05, 0.1) is 11.1 Å². The summed E-state index contributed by atoms with van der Waals surface area (Å²) in [7, 11) is 0. The van der Waals surface area contributed by atoms with E-state index in [1.165, 1.54) is 12.4 Å². The van der Waals surface area contributed by atoms with Crippen molar-refractivity contribution in [2.75, 3.05) is 18.2 Å². The number of hydrogen-bond acceptors (Lipinski definition) is 4. The number of amides is 1. The molecule has 0 radical (unpaired) electrons. The normalized spacial score (nSPS) is 9.62. The Morgan fingerprint density at radius 2 is 2.29 bits per heavy atom. The number of aliphatic hydroxyl groups excluding tert-OH is 1. The predicted molar refractivity (Wildman–Crippen MR) is 84.4 cm³/mol. The summed E-state index contributed by atoms with van der Waals surface area (Å²) in [6, 6.07) is 9.21. The summed E-state index contributed by atoms with van der Waals surface area (Å²) in [5.74, 6) is 5.00. The van der Waals surface area contributed by atoms with Gasteiger partial charge in [-0.15, -0.1) is 11.8 Å². The van der Waals surface area contributed by atoms with E-state index in [4.69, 9.17) is 5.11 Å². The van der Waals surface area contributed by atoms with Crippen LogP contribution in [0.5, 0.6) is 0 Å². The third-order valence-electron chi connectivity index (χ3n) is 2.70. The molecule has 106 valence electrons. The van der Waals surface area contributed by atoms with Crippen molar-refractivity contribution in [2.24, 2.45) is 0 Å². The molecule has 5 heteroatoms. The summed E-state index contributed by atoms with van der Waals surface area (Å²) in [6.45, 7) is -0.258. The van der Waals surface area contributed by atoms with Gasteiger partial charge in [-0.05, 0) is 30.5 Å². The van der Waals surface area contributed by atoms with Crippen molar-refractivity contribution in [3.8, 4) is 11.8 Å². The lowest BCUT2D eigenvalue weighted by molar-refractivity contribution is 0.102. The van der Waals surface area contributed by atoms with Gasteiger partial charge in [-0.2, -0.15) is 0 Å². The average molecular weight is 298 g/mol. The molecule has 0 saturated carbocycles. The number of carbonyl (C=O) groups excluding carboxylic acids is 1. The van der Waals surface area contributed by atoms with Crippen molar-refractivity contribution in [1.29, 1.82) is 0 Å². The molecular formula is C16H14N2O2S. The Bertz CT molecular complexity index is 705. The summed E-state index contributed by atoms with van der Waals surface area (Å²) in [4.78, 5) is 17.3. The second-order valence-corrected chi connectivity index (χ2v) is 4.95. The summed E-state index contributed by atoms with van der Waals surface area (Å²) >= 11 is 1.61. The van der Waals surface area contributed by atoms with E-state index in [1.807, 2.05) is 30.5 Å². The molecule has 0 aliphatic heterocycles. The van der Waals surface area contributed by atoms with Crippen molar-refractivity contribution in [2.45, 2.75) is 4.90 Å². The Morgan fingerprint density at radius 1 is 1.43 bits per heavy atom. The van der Waals surface area contributed by atoms with Crippen LogP contribution in [0.1, 0.15) is 15.9 Å². The monoisotopic (exact) mass is 298 g/mol. The molecule has 1 heterocycles. The number of thioether (sulfide) groups is 1. The molecule has 2 N–H and O–H groups in total. The molecule has 0 fully saturated rings. The number of carbonyl (C=O) groups is 1. The maximum absolute atomic E-state index is 12.3. The Balaban J connectivity index is 2.24. The number of aromatic nitrogens is 1. The van der Waals surface area contributed by atoms with Gasteiger partial charge < -0.3 is 10.4 Å². The molecule has 1 aromatic carbocycles. The van der Waals surface area contributed by atoms with Gasteiger partial charge >= 0.3 is 0 Å². The van der Waals surface area contributed by atoms with Crippen molar-refractivity contribution < 1.29 is 9.90 Å². The van der Waals surface area contributed by atoms with Gasteiger partial charge in [0.1, 0.15) is 6.61 Å². The quantitative estimate of drug-likeness (QED) is 0.675. The lowest BCUT2D eigenvalue weighted by atomic mass is 10.1. The summed E-state index contributed by atoms with van der Waals surface area (Å²) in [6.07, 6.45) is 5.03. The molecule has 0 bridgehead atoms. The first kappa shape index (κ1) is 15.1. The highest BCUT2D eigenvalue weighted by atomic mass is 32.2. The smallest absolute Gasteiger partial charge is 0.257 e. The molecule has 0 aliphatic carbocycles. The van der Waals surface area contributed by atoms with Crippen molar-refractivity contribution >= 4 is 23.4 Å². The Kier molecular flexibility index (Phi) is 5.38. The lowest BCUT2D eigenvalue weighted by Gasteiger charge is -2.07. The van der Waals surface area contributed by atoms with Crippen LogP contribution in [0.2, 0.25) is 0 Å². The first-order valence-corrected chi connectivity index (χ1v) is 7.46. The largest absolute Gasteiger partial charge is 0.384 e. The Hall–Kier alpha value is -2.29. The van der Waals surface area contributed by atoms with E-state index < -0.39 is 0 Å². The number of nitrogens with one attached hydrogen (secondary N) is 1. The fraction of sp³-hybridized carbons (Fsp3) is 0.125. The zero-order chi connectivity index (χ0) is 15.1. The molecule has 0 saturated heterocycles. The molecule has 2 aromatic rings. The lowest BCUT2D eigenvalue weighted by Crippen LogP contribution is -2.13. The first-order chi connectivity index (χ1) is 10.2. The molecule has 1 aromatic heterocycles. The molecular weight excluding hydrogens is 284 g/mol. The van der Waals surface area contributed by atoms with E-state index in [2.05, 4.69) is 22.1 Å². The topological polar surface area (TPSA) is 62.2 Å². The van der Waals surface area contributed by atoms with Gasteiger partial charge in [-0.25, -0.2) is 0 Å². The molecule has 2 rings (SSSR count). The van der Waals surface area contributed by atoms with Gasteiger partial charge in [0.25, 0.3) is 5.91 Å². The first-order valence-electron chi connectivity index (χ1n) is 6.23. The van der Waals surface area contributed by atoms with Crippen LogP contribution in [0.15, 0.2) is 47.6 Å². The number of hydrogen-bond donors (Lipinski definition) is 2. The third kappa shape index (κ3) is 4.09. The maximum atomic E-state index is 12.3. The van der Waals surface area contributed by atoms with Crippen LogP contribution in [-0.2, 0) is 0 Å². The van der Waals surface area contributed by atoms with Crippen LogP contribution in [0.3, 0.4) is 0 Å². The van der Waals surface area contributed by atoms with Gasteiger partial charge in [0.2, 0.25) is 0 Å². The standard InChI is InChI=1S/C16H14N2O2S/c1-21-14-6-2-5-13(10-14)18-16(20)15-7-8-17-11-12(15)4-3-9-19/h2,5-8,10-11,19H,9H2,1H3,(H,18,20). The summed E-state index contributed by atoms with van der Waals surface area (Å²) in [5.41, 5.74) is 1.65. The van der Waals surface area contributed by atoms with Crippen LogP contribution >= 0.6 is 11.8 Å². The van der Waals surface area contributed by atoms with E-state index in [-0.39, 0.29) is 12.5 Å². The average Bonchev–Trinajstić information content (AvgIpc) is 2.53. The van der Waals surface area contributed by atoms with E-state index >= 15 is 0 Å². The molecule has 4 nitrogen and oxygen atoms in total. The van der Waals surface area contributed by atoms with Crippen molar-refractivity contribution in [3.63, 3.8) is 0 Å². The number of benzene rings is 1. The van der Waals surface area contributed by atoms with Gasteiger partial charge in [0, 0.05) is 23.0 Å². The minimum Gasteiger partial charge on any atom is -0.384 e. The Labute approximate surface area is 127 Å². The highest BCUT2D eigenvalue weighted by Gasteiger charge is 2.10. The minimum absolute atomic E-state index is 0.252. The highest BCUT2D eigenvalue weighted by molar-refractivity contribution is 7.98. The third-order valence-corrected chi connectivity index (χ3v) is 3.42. The van der Waals surface area contributed by atoms with Crippen LogP contribution < -0.4 is 5.32 Å². The number of nitrogens with zero attached hydrogens (tertiary/aromatic N) is 1. The van der Waals surface area contributed by atoms with Crippen molar-refractivity contribution in [1.82, 2.24) is 4.98 Å². The number of aliphatic hydroxyl groups is 1. The fourth-order valence-corrected chi connectivity index (χ4v) is 2.19. The van der Waals surface area contributed by atoms with E-state index in [9.17, 15) is 4.79 Å². The molecule has 1 amide bonds. The number of anilines is 1. The van der Waals surface area contributed by atoms with E-state index in [0.717, 1.165) is 10.6 Å². The van der Waals surface area contributed by atoms with Crippen LogP contribution in [-0.4, -0.2) is 28.9 Å². The molecule has 21 heavy (non-hydrogen) atoms. The van der Waals surface area contributed by atoms with Gasteiger partial charge in [-0.1, -0.05) is 17.9 Å². The second kappa shape index (κ2) is 7.48. The summed E-state index contributed by atoms with van der Waals surface area (Å²) in [5, 5.41) is 11.6. The van der Waals surface area contributed by atoms with E-state index in [0.29, 0.717) is 11.1 Å². The SMILES string of the molecule is CSc1cccc(NC(=O)c2ccncc2C#CCO)c1. The number of pyridine rings is 1. The van der Waals surface area contributed by atoms with E-state index in [1.54, 1.807) is 17.8 Å². The summed E-state index contributed by atoms with van der Waals surface area (Å²) < 4.78 is 0. The maximum Gasteiger partial charge on any atom is 0.257 e. The molecule has 0 unspecified atom stereocenters. The molecule has 0 atom stereocenters. The van der Waals surface area contributed by atoms with Gasteiger partial charge in [0.15, 0.2) is 0 Å². The fourth-order valence-electron chi connectivity index (χ4n) is 1.73. The zero-order valence-electron chi connectivity index (χ0n) is 11.5. The highest BCUT2D eigenvalue weighted by Crippen LogP contribution is 2.19. The zero-order valence-corrected chi connectivity index (χ0v) is 12.3. The Morgan fingerprint density at radius 3 is 3.05 bits per heavy atom. The predicted octanol–water partition coefficient (Wildman–Crippen LogP) is 2.40. The van der Waals surface area contributed by atoms with Crippen LogP contribution in [0.25, 0.3) is 0 Å². The van der Waals surface area contributed by atoms with Crippen LogP contribution in [0.4, 0.5) is 5.69 Å². The second-order valence-electron chi connectivity index (χ2n) is 4.07. The van der Waals surface area contributed by atoms with Gasteiger partial charge in [-0.3, -0.25) is 9.78 Å². The molecule has 0 spiro atoms. The number of rotatable bonds is 3. The molecule has 0 aliphatic rings. The minimum atomic E-state index is -0.258. The van der Waals surface area contributed by atoms with Crippen LogP contribution in [0, 0.1) is 11.8 Å².